The van der Waals surface area contributed by atoms with Crippen LogP contribution in [0, 0.1) is 0 Å². The van der Waals surface area contributed by atoms with Crippen LogP contribution in [-0.2, 0) is 14.3 Å². The van der Waals surface area contributed by atoms with Gasteiger partial charge in [0.1, 0.15) is 5.75 Å². The Labute approximate surface area is 143 Å². The van der Waals surface area contributed by atoms with Crippen LogP contribution in [0.1, 0.15) is 13.8 Å². The van der Waals surface area contributed by atoms with Crippen LogP contribution < -0.4 is 15.4 Å². The minimum atomic E-state index is -0.782. The number of carbonyl (C=O) groups is 3. The van der Waals surface area contributed by atoms with Gasteiger partial charge in [0.25, 0.3) is 5.91 Å². The number of hydrogen-bond acceptors (Lipinski definition) is 5. The van der Waals surface area contributed by atoms with Crippen molar-refractivity contribution in [3.63, 3.8) is 0 Å². The molecule has 0 aromatic heterocycles. The van der Waals surface area contributed by atoms with Crippen molar-refractivity contribution in [1.29, 1.82) is 0 Å². The summed E-state index contributed by atoms with van der Waals surface area (Å²) in [6.07, 6.45) is 0. The molecule has 9 heteroatoms. The SMILES string of the molecule is CC(C)NC(=O)NC(=O)COC(=O)COc1ccc(Cl)cc1Cl. The summed E-state index contributed by atoms with van der Waals surface area (Å²) in [6, 6.07) is 3.73. The van der Waals surface area contributed by atoms with Gasteiger partial charge in [-0.3, -0.25) is 10.1 Å². The Hall–Kier alpha value is -1.99. The number of hydrogen-bond donors (Lipinski definition) is 2. The van der Waals surface area contributed by atoms with Gasteiger partial charge in [0.05, 0.1) is 5.02 Å². The number of rotatable bonds is 6. The molecule has 0 bridgehead atoms. The average Bonchev–Trinajstić information content (AvgIpc) is 2.43. The summed E-state index contributed by atoms with van der Waals surface area (Å²) in [6.45, 7) is 2.45. The van der Waals surface area contributed by atoms with Crippen molar-refractivity contribution in [3.05, 3.63) is 28.2 Å². The number of esters is 1. The summed E-state index contributed by atoms with van der Waals surface area (Å²) in [5.41, 5.74) is 0. The third-order valence-electron chi connectivity index (χ3n) is 2.28. The fourth-order valence-corrected chi connectivity index (χ4v) is 1.84. The molecule has 0 unspecified atom stereocenters. The Balaban J connectivity index is 2.31. The molecular weight excluding hydrogens is 347 g/mol. The van der Waals surface area contributed by atoms with E-state index in [2.05, 4.69) is 10.1 Å². The molecule has 2 N–H and O–H groups in total. The molecule has 0 aliphatic heterocycles. The fourth-order valence-electron chi connectivity index (χ4n) is 1.38. The molecule has 0 radical (unpaired) electrons. The molecule has 0 spiro atoms. The van der Waals surface area contributed by atoms with Gasteiger partial charge in [0.2, 0.25) is 0 Å². The second-order valence-corrected chi connectivity index (χ2v) is 5.54. The second-order valence-electron chi connectivity index (χ2n) is 4.70. The van der Waals surface area contributed by atoms with E-state index in [0.29, 0.717) is 5.02 Å². The number of benzene rings is 1. The highest BCUT2D eigenvalue weighted by Crippen LogP contribution is 2.27. The van der Waals surface area contributed by atoms with Gasteiger partial charge >= 0.3 is 12.0 Å². The first-order valence-electron chi connectivity index (χ1n) is 6.61. The summed E-state index contributed by atoms with van der Waals surface area (Å²) >= 11 is 11.6. The third-order valence-corrected chi connectivity index (χ3v) is 2.81. The maximum absolute atomic E-state index is 11.5. The largest absolute Gasteiger partial charge is 0.480 e. The van der Waals surface area contributed by atoms with Crippen molar-refractivity contribution in [2.24, 2.45) is 0 Å². The van der Waals surface area contributed by atoms with Gasteiger partial charge in [-0.05, 0) is 32.0 Å². The molecular formula is C14H16Cl2N2O5. The van der Waals surface area contributed by atoms with E-state index in [0.717, 1.165) is 0 Å². The van der Waals surface area contributed by atoms with E-state index in [-0.39, 0.29) is 16.8 Å². The fraction of sp³-hybridized carbons (Fsp3) is 0.357. The summed E-state index contributed by atoms with van der Waals surface area (Å²) in [5.74, 6) is -1.27. The Morgan fingerprint density at radius 2 is 1.87 bits per heavy atom. The minimum Gasteiger partial charge on any atom is -0.480 e. The van der Waals surface area contributed by atoms with Crippen molar-refractivity contribution in [3.8, 4) is 5.75 Å². The first kappa shape index (κ1) is 19.1. The number of imide groups is 1. The van der Waals surface area contributed by atoms with E-state index >= 15 is 0 Å². The van der Waals surface area contributed by atoms with Crippen LogP contribution in [0.5, 0.6) is 5.75 Å². The van der Waals surface area contributed by atoms with Crippen LogP contribution in [-0.4, -0.2) is 37.2 Å². The first-order chi connectivity index (χ1) is 10.8. The zero-order chi connectivity index (χ0) is 17.4. The Kier molecular flexibility index (Phi) is 7.64. The molecule has 0 aliphatic carbocycles. The smallest absolute Gasteiger partial charge is 0.344 e. The topological polar surface area (TPSA) is 93.7 Å². The molecule has 1 aromatic rings. The van der Waals surface area contributed by atoms with Crippen LogP contribution in [0.4, 0.5) is 4.79 Å². The van der Waals surface area contributed by atoms with Gasteiger partial charge in [0, 0.05) is 11.1 Å². The number of halogens is 2. The van der Waals surface area contributed by atoms with E-state index in [1.807, 2.05) is 5.32 Å². The molecule has 0 fully saturated rings. The molecule has 7 nitrogen and oxygen atoms in total. The Bertz CT molecular complexity index is 593. The van der Waals surface area contributed by atoms with E-state index in [4.69, 9.17) is 27.9 Å². The maximum Gasteiger partial charge on any atom is 0.344 e. The third kappa shape index (κ3) is 7.71. The lowest BCUT2D eigenvalue weighted by atomic mass is 10.3. The molecule has 3 amide bonds. The number of urea groups is 1. The van der Waals surface area contributed by atoms with Gasteiger partial charge in [-0.15, -0.1) is 0 Å². The van der Waals surface area contributed by atoms with Gasteiger partial charge in [0.15, 0.2) is 13.2 Å². The quantitative estimate of drug-likeness (QED) is 0.756. The molecule has 0 atom stereocenters. The number of nitrogens with one attached hydrogen (secondary N) is 2. The first-order valence-corrected chi connectivity index (χ1v) is 7.37. The highest BCUT2D eigenvalue weighted by molar-refractivity contribution is 6.35. The van der Waals surface area contributed by atoms with Gasteiger partial charge in [-0.2, -0.15) is 0 Å². The van der Waals surface area contributed by atoms with Crippen molar-refractivity contribution in [2.75, 3.05) is 13.2 Å². The van der Waals surface area contributed by atoms with Crippen molar-refractivity contribution in [2.45, 2.75) is 19.9 Å². The normalized spacial score (nSPS) is 10.1. The lowest BCUT2D eigenvalue weighted by Gasteiger charge is -2.10. The molecule has 1 rings (SSSR count). The molecule has 0 heterocycles. The minimum absolute atomic E-state index is 0.122. The number of ether oxygens (including phenoxy) is 2. The Morgan fingerprint density at radius 3 is 2.48 bits per heavy atom. The van der Waals surface area contributed by atoms with Crippen LogP contribution in [0.2, 0.25) is 10.0 Å². The van der Waals surface area contributed by atoms with Crippen LogP contribution >= 0.6 is 23.2 Å². The highest BCUT2D eigenvalue weighted by Gasteiger charge is 2.12. The molecule has 23 heavy (non-hydrogen) atoms. The molecule has 126 valence electrons. The number of amides is 3. The van der Waals surface area contributed by atoms with E-state index < -0.39 is 31.1 Å². The summed E-state index contributed by atoms with van der Waals surface area (Å²) in [4.78, 5) is 34.1. The summed E-state index contributed by atoms with van der Waals surface area (Å²) < 4.78 is 9.81. The second kappa shape index (κ2) is 9.22. The predicted molar refractivity (Wildman–Crippen MR) is 84.7 cm³/mol. The lowest BCUT2D eigenvalue weighted by molar-refractivity contribution is -0.150. The van der Waals surface area contributed by atoms with Crippen LogP contribution in [0.15, 0.2) is 18.2 Å². The summed E-state index contributed by atoms with van der Waals surface area (Å²) in [5, 5.41) is 5.15. The van der Waals surface area contributed by atoms with E-state index in [1.165, 1.54) is 12.1 Å². The van der Waals surface area contributed by atoms with Crippen molar-refractivity contribution >= 4 is 41.1 Å². The van der Waals surface area contributed by atoms with Crippen LogP contribution in [0.3, 0.4) is 0 Å². The van der Waals surface area contributed by atoms with Gasteiger partial charge in [-0.25, -0.2) is 9.59 Å². The van der Waals surface area contributed by atoms with E-state index in [9.17, 15) is 14.4 Å². The molecule has 0 aliphatic rings. The molecule has 1 aromatic carbocycles. The Morgan fingerprint density at radius 1 is 1.17 bits per heavy atom. The predicted octanol–water partition coefficient (Wildman–Crippen LogP) is 2.15. The molecule has 0 saturated carbocycles. The van der Waals surface area contributed by atoms with Crippen LogP contribution in [0.25, 0.3) is 0 Å². The highest BCUT2D eigenvalue weighted by atomic mass is 35.5. The zero-order valence-corrected chi connectivity index (χ0v) is 14.0. The number of carbonyl (C=O) groups excluding carboxylic acids is 3. The standard InChI is InChI=1S/C14H16Cl2N2O5/c1-8(2)17-14(21)18-12(19)6-23-13(20)7-22-11-4-3-9(15)5-10(11)16/h3-5,8H,6-7H2,1-2H3,(H2,17,18,19,21). The maximum atomic E-state index is 11.5. The van der Waals surface area contributed by atoms with Crippen molar-refractivity contribution < 1.29 is 23.9 Å². The van der Waals surface area contributed by atoms with E-state index in [1.54, 1.807) is 19.9 Å². The van der Waals surface area contributed by atoms with Gasteiger partial charge < -0.3 is 14.8 Å². The van der Waals surface area contributed by atoms with Crippen molar-refractivity contribution in [1.82, 2.24) is 10.6 Å². The average molecular weight is 363 g/mol. The monoisotopic (exact) mass is 362 g/mol. The summed E-state index contributed by atoms with van der Waals surface area (Å²) in [7, 11) is 0. The lowest BCUT2D eigenvalue weighted by Crippen LogP contribution is -2.44. The molecule has 0 saturated heterocycles. The zero-order valence-electron chi connectivity index (χ0n) is 12.5. The van der Waals surface area contributed by atoms with Gasteiger partial charge in [-0.1, -0.05) is 23.2 Å².